The van der Waals surface area contributed by atoms with Gasteiger partial charge in [-0.15, -0.1) is 11.3 Å². The van der Waals surface area contributed by atoms with Crippen molar-refractivity contribution in [2.75, 3.05) is 5.32 Å². The second kappa shape index (κ2) is 5.19. The van der Waals surface area contributed by atoms with Gasteiger partial charge in [0, 0.05) is 16.0 Å². The second-order valence-corrected chi connectivity index (χ2v) is 6.34. The van der Waals surface area contributed by atoms with E-state index in [1.807, 2.05) is 24.5 Å². The van der Waals surface area contributed by atoms with Crippen molar-refractivity contribution in [1.82, 2.24) is 4.98 Å². The minimum atomic E-state index is 0.827. The maximum absolute atomic E-state index is 4.37. The van der Waals surface area contributed by atoms with Crippen molar-refractivity contribution in [3.8, 4) is 0 Å². The number of aromatic nitrogens is 1. The molecule has 90 valence electrons. The molecule has 0 amide bonds. The van der Waals surface area contributed by atoms with Crippen LogP contribution in [-0.4, -0.2) is 4.98 Å². The Hall–Kier alpha value is -0.870. The molecule has 0 unspecified atom stereocenters. The Morgan fingerprint density at radius 1 is 1.29 bits per heavy atom. The quantitative estimate of drug-likeness (QED) is 0.906. The Bertz CT molecular complexity index is 515. The molecule has 2 aromatic heterocycles. The highest BCUT2D eigenvalue weighted by Gasteiger charge is 2.04. The van der Waals surface area contributed by atoms with Gasteiger partial charge in [0.25, 0.3) is 0 Å². The summed E-state index contributed by atoms with van der Waals surface area (Å²) in [4.78, 5) is 7.10. The van der Waals surface area contributed by atoms with E-state index >= 15 is 0 Å². The summed E-state index contributed by atoms with van der Waals surface area (Å²) in [6.07, 6.45) is 1.87. The van der Waals surface area contributed by atoms with Crippen LogP contribution in [0.2, 0.25) is 0 Å². The zero-order chi connectivity index (χ0) is 12.4. The van der Waals surface area contributed by atoms with Crippen LogP contribution in [-0.2, 0) is 6.54 Å². The number of nitrogens with one attached hydrogen (secondary N) is 1. The van der Waals surface area contributed by atoms with Crippen molar-refractivity contribution in [1.29, 1.82) is 0 Å². The van der Waals surface area contributed by atoms with E-state index in [4.69, 9.17) is 0 Å². The summed E-state index contributed by atoms with van der Waals surface area (Å²) in [6, 6.07) is 4.30. The van der Waals surface area contributed by atoms with Crippen LogP contribution < -0.4 is 5.32 Å². The number of thiophene rings is 1. The molecule has 0 aliphatic rings. The van der Waals surface area contributed by atoms with Gasteiger partial charge in [-0.05, 0) is 60.0 Å². The number of halogens is 1. The van der Waals surface area contributed by atoms with Gasteiger partial charge in [0.05, 0.1) is 11.0 Å². The zero-order valence-electron chi connectivity index (χ0n) is 10.2. The predicted molar refractivity (Wildman–Crippen MR) is 77.8 cm³/mol. The van der Waals surface area contributed by atoms with Crippen LogP contribution in [0.15, 0.2) is 22.8 Å². The summed E-state index contributed by atoms with van der Waals surface area (Å²) in [5.74, 6) is 0.902. The molecule has 0 radical (unpaired) electrons. The normalized spacial score (nSPS) is 10.6. The monoisotopic (exact) mass is 310 g/mol. The number of hydrogen-bond acceptors (Lipinski definition) is 3. The first-order valence-corrected chi connectivity index (χ1v) is 7.09. The van der Waals surface area contributed by atoms with Crippen molar-refractivity contribution in [2.45, 2.75) is 27.3 Å². The molecule has 17 heavy (non-hydrogen) atoms. The van der Waals surface area contributed by atoms with Crippen LogP contribution in [0.25, 0.3) is 0 Å². The molecule has 0 aromatic carbocycles. The summed E-state index contributed by atoms with van der Waals surface area (Å²) in [5.41, 5.74) is 2.52. The van der Waals surface area contributed by atoms with Gasteiger partial charge in [0.15, 0.2) is 0 Å². The molecular weight excluding hydrogens is 296 g/mol. The molecule has 0 atom stereocenters. The van der Waals surface area contributed by atoms with Crippen LogP contribution in [0.1, 0.15) is 20.9 Å². The summed E-state index contributed by atoms with van der Waals surface area (Å²) in [6.45, 7) is 7.17. The molecule has 0 fully saturated rings. The van der Waals surface area contributed by atoms with E-state index in [9.17, 15) is 0 Å². The summed E-state index contributed by atoms with van der Waals surface area (Å²) < 4.78 is 1.02. The van der Waals surface area contributed by atoms with Crippen LogP contribution in [0, 0.1) is 20.8 Å². The number of aryl methyl sites for hydroxylation is 3. The number of pyridine rings is 1. The number of hydrogen-bond donors (Lipinski definition) is 1. The highest BCUT2D eigenvalue weighted by atomic mass is 79.9. The van der Waals surface area contributed by atoms with Crippen LogP contribution in [0.3, 0.4) is 0 Å². The first-order valence-electron chi connectivity index (χ1n) is 5.48. The first-order chi connectivity index (χ1) is 8.06. The van der Waals surface area contributed by atoms with E-state index in [0.717, 1.165) is 22.4 Å². The zero-order valence-corrected chi connectivity index (χ0v) is 12.6. The molecule has 2 heterocycles. The molecule has 0 bridgehead atoms. The molecule has 0 spiro atoms. The molecule has 2 nitrogen and oxygen atoms in total. The lowest BCUT2D eigenvalue weighted by Gasteiger charge is -2.06. The molecule has 2 aromatic rings. The Kier molecular flexibility index (Phi) is 3.84. The van der Waals surface area contributed by atoms with Crippen molar-refractivity contribution >= 4 is 33.1 Å². The van der Waals surface area contributed by atoms with E-state index in [2.05, 4.69) is 52.2 Å². The van der Waals surface area contributed by atoms with E-state index in [0.29, 0.717) is 0 Å². The first kappa shape index (κ1) is 12.6. The Morgan fingerprint density at radius 2 is 2.06 bits per heavy atom. The Morgan fingerprint density at radius 3 is 2.65 bits per heavy atom. The average molecular weight is 311 g/mol. The van der Waals surface area contributed by atoms with Crippen LogP contribution in [0.5, 0.6) is 0 Å². The van der Waals surface area contributed by atoms with Gasteiger partial charge >= 0.3 is 0 Å². The molecule has 0 saturated heterocycles. The van der Waals surface area contributed by atoms with E-state index in [1.165, 1.54) is 15.3 Å². The second-order valence-electron chi connectivity index (χ2n) is 4.15. The van der Waals surface area contributed by atoms with E-state index in [1.54, 1.807) is 0 Å². The largest absolute Gasteiger partial charge is 0.364 e. The molecule has 1 N–H and O–H groups in total. The van der Waals surface area contributed by atoms with Crippen LogP contribution in [0.4, 0.5) is 5.82 Å². The molecule has 0 saturated carbocycles. The summed E-state index contributed by atoms with van der Waals surface area (Å²) >= 11 is 5.36. The lowest BCUT2D eigenvalue weighted by Crippen LogP contribution is -2.00. The number of nitrogens with zero attached hydrogens (tertiary/aromatic N) is 1. The van der Waals surface area contributed by atoms with Gasteiger partial charge in [-0.2, -0.15) is 0 Å². The smallest absolute Gasteiger partial charge is 0.140 e. The van der Waals surface area contributed by atoms with Gasteiger partial charge in [-0.25, -0.2) is 4.98 Å². The fraction of sp³-hybridized carbons (Fsp3) is 0.308. The molecule has 0 aliphatic heterocycles. The van der Waals surface area contributed by atoms with E-state index < -0.39 is 0 Å². The topological polar surface area (TPSA) is 24.9 Å². The average Bonchev–Trinajstić information content (AvgIpc) is 2.57. The van der Waals surface area contributed by atoms with Gasteiger partial charge in [0.1, 0.15) is 5.82 Å². The minimum Gasteiger partial charge on any atom is -0.364 e. The van der Waals surface area contributed by atoms with Crippen LogP contribution >= 0.6 is 27.3 Å². The third-order valence-electron chi connectivity index (χ3n) is 2.62. The third-order valence-corrected chi connectivity index (χ3v) is 4.38. The highest BCUT2D eigenvalue weighted by Crippen LogP contribution is 2.24. The lowest BCUT2D eigenvalue weighted by atomic mass is 10.3. The summed E-state index contributed by atoms with van der Waals surface area (Å²) in [7, 11) is 0. The lowest BCUT2D eigenvalue weighted by molar-refractivity contribution is 1.12. The van der Waals surface area contributed by atoms with Crippen molar-refractivity contribution < 1.29 is 0 Å². The molecule has 0 aliphatic carbocycles. The maximum Gasteiger partial charge on any atom is 0.140 e. The standard InChI is InChI=1S/C13H15BrN2S/c1-8-4-12(14)13(15-6-8)16-7-11-5-9(2)10(3)17-11/h4-6H,7H2,1-3H3,(H,15,16). The Balaban J connectivity index is 2.07. The number of rotatable bonds is 3. The fourth-order valence-corrected chi connectivity index (χ4v) is 3.17. The van der Waals surface area contributed by atoms with Crippen molar-refractivity contribution in [3.63, 3.8) is 0 Å². The fourth-order valence-electron chi connectivity index (χ4n) is 1.57. The predicted octanol–water partition coefficient (Wildman–Crippen LogP) is 4.44. The van der Waals surface area contributed by atoms with Crippen molar-refractivity contribution in [3.05, 3.63) is 43.7 Å². The van der Waals surface area contributed by atoms with Gasteiger partial charge in [-0.3, -0.25) is 0 Å². The summed E-state index contributed by atoms with van der Waals surface area (Å²) in [5, 5.41) is 3.35. The SMILES string of the molecule is Cc1cnc(NCc2cc(C)c(C)s2)c(Br)c1. The van der Waals surface area contributed by atoms with Gasteiger partial charge < -0.3 is 5.32 Å². The molecular formula is C13H15BrN2S. The van der Waals surface area contributed by atoms with Gasteiger partial charge in [0.2, 0.25) is 0 Å². The van der Waals surface area contributed by atoms with Gasteiger partial charge in [-0.1, -0.05) is 0 Å². The van der Waals surface area contributed by atoms with Crippen molar-refractivity contribution in [2.24, 2.45) is 0 Å². The third kappa shape index (κ3) is 3.07. The minimum absolute atomic E-state index is 0.827. The molecule has 4 heteroatoms. The highest BCUT2D eigenvalue weighted by molar-refractivity contribution is 9.10. The van der Waals surface area contributed by atoms with E-state index in [-0.39, 0.29) is 0 Å². The Labute approximate surface area is 114 Å². The molecule has 2 rings (SSSR count). The number of anilines is 1. The maximum atomic E-state index is 4.37.